The Bertz CT molecular complexity index is 692. The number of ether oxygens (including phenoxy) is 1. The molecule has 1 amide bonds. The van der Waals surface area contributed by atoms with Gasteiger partial charge in [0, 0.05) is 23.7 Å². The number of benzene rings is 1. The van der Waals surface area contributed by atoms with Crippen LogP contribution in [0.5, 0.6) is 5.75 Å². The molecule has 8 heteroatoms. The van der Waals surface area contributed by atoms with Crippen molar-refractivity contribution in [3.63, 3.8) is 0 Å². The standard InChI is InChI=1S/C13H13N5O2.ClH/c1-20-12-8-5-15-13(19)7(8)2-3-9(12)18-11-4-10(14)16-6-17-11;/h2-4,6H,5H2,1H3,(H,15,19)(H3,14,16,17,18);1H. The summed E-state index contributed by atoms with van der Waals surface area (Å²) in [7, 11) is 1.57. The van der Waals surface area contributed by atoms with Crippen molar-refractivity contribution in [3.05, 3.63) is 35.7 Å². The maximum Gasteiger partial charge on any atom is 0.252 e. The van der Waals surface area contributed by atoms with E-state index in [1.165, 1.54) is 6.33 Å². The number of hydrogen-bond donors (Lipinski definition) is 3. The van der Waals surface area contributed by atoms with Crippen molar-refractivity contribution in [3.8, 4) is 5.75 Å². The molecule has 7 nitrogen and oxygen atoms in total. The molecule has 0 bridgehead atoms. The molecule has 2 heterocycles. The molecule has 1 aromatic carbocycles. The first-order valence-electron chi connectivity index (χ1n) is 6.01. The third-order valence-electron chi connectivity index (χ3n) is 3.09. The fourth-order valence-corrected chi connectivity index (χ4v) is 2.19. The van der Waals surface area contributed by atoms with Crippen LogP contribution in [0.3, 0.4) is 0 Å². The Kier molecular flexibility index (Phi) is 4.13. The number of carbonyl (C=O) groups is 1. The summed E-state index contributed by atoms with van der Waals surface area (Å²) in [5.74, 6) is 1.47. The van der Waals surface area contributed by atoms with Crippen LogP contribution in [-0.2, 0) is 6.54 Å². The highest BCUT2D eigenvalue weighted by atomic mass is 35.5. The lowest BCUT2D eigenvalue weighted by Crippen LogP contribution is -2.12. The average Bonchev–Trinajstić information content (AvgIpc) is 2.80. The summed E-state index contributed by atoms with van der Waals surface area (Å²) in [6.45, 7) is 0.457. The number of nitrogens with two attached hydrogens (primary N) is 1. The van der Waals surface area contributed by atoms with E-state index < -0.39 is 0 Å². The second kappa shape index (κ2) is 5.84. The lowest BCUT2D eigenvalue weighted by atomic mass is 10.1. The number of carbonyl (C=O) groups excluding carboxylic acids is 1. The van der Waals surface area contributed by atoms with Gasteiger partial charge < -0.3 is 21.1 Å². The molecule has 0 saturated heterocycles. The summed E-state index contributed by atoms with van der Waals surface area (Å²) in [4.78, 5) is 19.5. The van der Waals surface area contributed by atoms with Crippen LogP contribution >= 0.6 is 12.4 Å². The van der Waals surface area contributed by atoms with Gasteiger partial charge in [-0.2, -0.15) is 0 Å². The van der Waals surface area contributed by atoms with E-state index in [0.29, 0.717) is 29.5 Å². The van der Waals surface area contributed by atoms with E-state index in [1.807, 2.05) is 0 Å². The molecular weight excluding hydrogens is 294 g/mol. The van der Waals surface area contributed by atoms with E-state index in [-0.39, 0.29) is 18.3 Å². The number of anilines is 3. The van der Waals surface area contributed by atoms with Gasteiger partial charge in [-0.05, 0) is 12.1 Å². The molecule has 4 N–H and O–H groups in total. The smallest absolute Gasteiger partial charge is 0.252 e. The molecule has 0 fully saturated rings. The zero-order chi connectivity index (χ0) is 14.1. The normalized spacial score (nSPS) is 12.1. The third kappa shape index (κ3) is 2.68. The lowest BCUT2D eigenvalue weighted by molar-refractivity contribution is 0.0966. The number of fused-ring (bicyclic) bond motifs is 1. The highest BCUT2D eigenvalue weighted by Gasteiger charge is 2.24. The second-order valence-electron chi connectivity index (χ2n) is 4.31. The fourth-order valence-electron chi connectivity index (χ4n) is 2.19. The summed E-state index contributed by atoms with van der Waals surface area (Å²) in [5.41, 5.74) is 7.81. The zero-order valence-electron chi connectivity index (χ0n) is 11.2. The van der Waals surface area contributed by atoms with Crippen LogP contribution in [0.15, 0.2) is 24.5 Å². The van der Waals surface area contributed by atoms with Crippen molar-refractivity contribution in [2.24, 2.45) is 0 Å². The first kappa shape index (κ1) is 14.9. The molecule has 0 spiro atoms. The number of amides is 1. The Hall–Kier alpha value is -2.54. The minimum atomic E-state index is -0.0869. The molecule has 0 radical (unpaired) electrons. The highest BCUT2D eigenvalue weighted by Crippen LogP contribution is 2.35. The summed E-state index contributed by atoms with van der Waals surface area (Å²) in [5, 5.41) is 5.88. The monoisotopic (exact) mass is 307 g/mol. The Morgan fingerprint density at radius 3 is 2.90 bits per heavy atom. The predicted molar refractivity (Wildman–Crippen MR) is 81.1 cm³/mol. The van der Waals surface area contributed by atoms with E-state index >= 15 is 0 Å². The minimum absolute atomic E-state index is 0. The van der Waals surface area contributed by atoms with Crippen LogP contribution in [0, 0.1) is 0 Å². The number of nitrogens with one attached hydrogen (secondary N) is 2. The van der Waals surface area contributed by atoms with Crippen molar-refractivity contribution in [1.29, 1.82) is 0 Å². The van der Waals surface area contributed by atoms with Crippen LogP contribution in [0.2, 0.25) is 0 Å². The molecule has 21 heavy (non-hydrogen) atoms. The molecule has 3 rings (SSSR count). The number of rotatable bonds is 3. The molecule has 0 atom stereocenters. The largest absolute Gasteiger partial charge is 0.494 e. The van der Waals surface area contributed by atoms with Crippen molar-refractivity contribution in [1.82, 2.24) is 15.3 Å². The van der Waals surface area contributed by atoms with Crippen LogP contribution in [0.1, 0.15) is 15.9 Å². The number of halogens is 1. The van der Waals surface area contributed by atoms with Gasteiger partial charge in [-0.3, -0.25) is 4.79 Å². The Morgan fingerprint density at radius 2 is 2.19 bits per heavy atom. The van der Waals surface area contributed by atoms with Crippen molar-refractivity contribution >= 4 is 35.6 Å². The quantitative estimate of drug-likeness (QED) is 0.793. The average molecular weight is 308 g/mol. The topological polar surface area (TPSA) is 102 Å². The first-order valence-corrected chi connectivity index (χ1v) is 6.01. The minimum Gasteiger partial charge on any atom is -0.494 e. The maximum absolute atomic E-state index is 11.6. The Labute approximate surface area is 127 Å². The van der Waals surface area contributed by atoms with Crippen molar-refractivity contribution in [2.75, 3.05) is 18.2 Å². The van der Waals surface area contributed by atoms with Crippen LogP contribution in [-0.4, -0.2) is 23.0 Å². The highest BCUT2D eigenvalue weighted by molar-refractivity contribution is 6.00. The molecular formula is C13H14ClN5O2. The first-order chi connectivity index (χ1) is 9.69. The summed E-state index contributed by atoms with van der Waals surface area (Å²) in [6.07, 6.45) is 1.38. The van der Waals surface area contributed by atoms with Gasteiger partial charge in [0.15, 0.2) is 0 Å². The fraction of sp³-hybridized carbons (Fsp3) is 0.154. The van der Waals surface area contributed by atoms with Gasteiger partial charge in [-0.1, -0.05) is 0 Å². The van der Waals surface area contributed by atoms with Gasteiger partial charge in [-0.25, -0.2) is 9.97 Å². The third-order valence-corrected chi connectivity index (χ3v) is 3.09. The summed E-state index contributed by atoms with van der Waals surface area (Å²) >= 11 is 0. The van der Waals surface area contributed by atoms with E-state index in [1.54, 1.807) is 25.3 Å². The Balaban J connectivity index is 0.00000161. The summed E-state index contributed by atoms with van der Waals surface area (Å²) in [6, 6.07) is 5.16. The SMILES string of the molecule is COc1c(Nc2cc(N)ncn2)ccc2c1CNC2=O.Cl. The Morgan fingerprint density at radius 1 is 1.38 bits per heavy atom. The molecule has 110 valence electrons. The lowest BCUT2D eigenvalue weighted by Gasteiger charge is -2.13. The molecule has 0 aliphatic carbocycles. The zero-order valence-corrected chi connectivity index (χ0v) is 12.0. The molecule has 0 saturated carbocycles. The summed E-state index contributed by atoms with van der Waals surface area (Å²) < 4.78 is 5.41. The van der Waals surface area contributed by atoms with E-state index in [0.717, 1.165) is 11.3 Å². The van der Waals surface area contributed by atoms with Crippen LogP contribution in [0.4, 0.5) is 17.3 Å². The maximum atomic E-state index is 11.6. The van der Waals surface area contributed by atoms with Crippen LogP contribution < -0.4 is 21.1 Å². The number of hydrogen-bond acceptors (Lipinski definition) is 6. The van der Waals surface area contributed by atoms with Gasteiger partial charge in [0.1, 0.15) is 23.7 Å². The number of nitrogen functional groups attached to an aromatic ring is 1. The van der Waals surface area contributed by atoms with E-state index in [2.05, 4.69) is 20.6 Å². The van der Waals surface area contributed by atoms with E-state index in [9.17, 15) is 4.79 Å². The molecule has 2 aromatic rings. The van der Waals surface area contributed by atoms with Crippen LogP contribution in [0.25, 0.3) is 0 Å². The van der Waals surface area contributed by atoms with Gasteiger partial charge in [0.05, 0.1) is 12.8 Å². The molecule has 0 unspecified atom stereocenters. The van der Waals surface area contributed by atoms with Crippen molar-refractivity contribution in [2.45, 2.75) is 6.54 Å². The molecule has 1 aliphatic rings. The number of aromatic nitrogens is 2. The van der Waals surface area contributed by atoms with Gasteiger partial charge in [0.25, 0.3) is 5.91 Å². The molecule has 1 aliphatic heterocycles. The number of methoxy groups -OCH3 is 1. The van der Waals surface area contributed by atoms with E-state index in [4.69, 9.17) is 10.5 Å². The van der Waals surface area contributed by atoms with Gasteiger partial charge in [-0.15, -0.1) is 12.4 Å². The van der Waals surface area contributed by atoms with Gasteiger partial charge >= 0.3 is 0 Å². The second-order valence-corrected chi connectivity index (χ2v) is 4.31. The van der Waals surface area contributed by atoms with Crippen molar-refractivity contribution < 1.29 is 9.53 Å². The number of nitrogens with zero attached hydrogens (tertiary/aromatic N) is 2. The molecule has 1 aromatic heterocycles. The van der Waals surface area contributed by atoms with Gasteiger partial charge in [0.2, 0.25) is 0 Å². The predicted octanol–water partition coefficient (Wildman–Crippen LogP) is 1.48.